The Bertz CT molecular complexity index is 1730. The van der Waals surface area contributed by atoms with Gasteiger partial charge in [0.2, 0.25) is 16.6 Å². The molecule has 0 aliphatic heterocycles. The Hall–Kier alpha value is -3.55. The molecule has 4 heterocycles. The summed E-state index contributed by atoms with van der Waals surface area (Å²) in [5.74, 6) is 0.364. The minimum atomic E-state index is -4.53. The standard InChI is InChI=1S/C21H10ClF3N4O4S2/c1-31-13-6-7-26-15-16(13)33-20(34)29(18(15)30)19-27-11-3-5-14(28-17(11)35-19)32-12-4-2-9(8-10(12)22)21(23,24)25/h2-8H,1H3. The van der Waals surface area contributed by atoms with Gasteiger partial charge in [0, 0.05) is 18.3 Å². The monoisotopic (exact) mass is 538 g/mol. The van der Waals surface area contributed by atoms with Crippen molar-refractivity contribution in [3.05, 3.63) is 68.4 Å². The first-order valence-corrected chi connectivity index (χ1v) is 11.2. The molecule has 0 aliphatic rings. The first-order valence-electron chi connectivity index (χ1n) is 9.57. The van der Waals surface area contributed by atoms with Crippen LogP contribution in [0.1, 0.15) is 5.56 Å². The van der Waals surface area contributed by atoms with Crippen molar-refractivity contribution in [2.45, 2.75) is 6.18 Å². The van der Waals surface area contributed by atoms with E-state index in [0.29, 0.717) is 16.1 Å². The van der Waals surface area contributed by atoms with E-state index in [4.69, 9.17) is 37.7 Å². The molecule has 0 radical (unpaired) electrons. The van der Waals surface area contributed by atoms with Gasteiger partial charge in [-0.1, -0.05) is 22.9 Å². The van der Waals surface area contributed by atoms with Crippen molar-refractivity contribution in [1.82, 2.24) is 19.5 Å². The lowest BCUT2D eigenvalue weighted by Gasteiger charge is -2.10. The van der Waals surface area contributed by atoms with E-state index in [0.717, 1.165) is 34.1 Å². The number of thiazole rings is 1. The van der Waals surface area contributed by atoms with Crippen LogP contribution < -0.4 is 15.0 Å². The topological polar surface area (TPSA) is 92.3 Å². The van der Waals surface area contributed by atoms with Crippen molar-refractivity contribution in [2.24, 2.45) is 0 Å². The number of rotatable bonds is 4. The minimum Gasteiger partial charge on any atom is -0.493 e. The van der Waals surface area contributed by atoms with Crippen LogP contribution in [0.15, 0.2) is 51.8 Å². The number of fused-ring (bicyclic) bond motifs is 2. The van der Waals surface area contributed by atoms with E-state index >= 15 is 0 Å². The number of methoxy groups -OCH3 is 1. The van der Waals surface area contributed by atoms with Crippen LogP contribution in [0.5, 0.6) is 17.4 Å². The van der Waals surface area contributed by atoms with Gasteiger partial charge in [0.15, 0.2) is 11.3 Å². The highest BCUT2D eigenvalue weighted by Crippen LogP contribution is 2.36. The van der Waals surface area contributed by atoms with Gasteiger partial charge in [0.1, 0.15) is 16.1 Å². The second kappa shape index (κ2) is 8.59. The van der Waals surface area contributed by atoms with Crippen molar-refractivity contribution < 1.29 is 27.1 Å². The third-order valence-electron chi connectivity index (χ3n) is 4.75. The van der Waals surface area contributed by atoms with Crippen molar-refractivity contribution in [3.8, 4) is 22.5 Å². The Kier molecular flexibility index (Phi) is 5.69. The van der Waals surface area contributed by atoms with Crippen LogP contribution in [0.25, 0.3) is 26.6 Å². The predicted molar refractivity (Wildman–Crippen MR) is 124 cm³/mol. The highest BCUT2D eigenvalue weighted by atomic mass is 35.5. The molecular formula is C21H10ClF3N4O4S2. The number of halogens is 4. The maximum Gasteiger partial charge on any atom is 0.416 e. The van der Waals surface area contributed by atoms with Crippen LogP contribution >= 0.6 is 35.2 Å². The number of pyridine rings is 2. The Morgan fingerprint density at radius 3 is 2.66 bits per heavy atom. The smallest absolute Gasteiger partial charge is 0.416 e. The number of hydrogen-bond acceptors (Lipinski definition) is 9. The van der Waals surface area contributed by atoms with E-state index in [9.17, 15) is 18.0 Å². The molecule has 0 saturated heterocycles. The number of ether oxygens (including phenoxy) is 2. The van der Waals surface area contributed by atoms with E-state index < -0.39 is 17.3 Å². The summed E-state index contributed by atoms with van der Waals surface area (Å²) in [6, 6.07) is 7.31. The van der Waals surface area contributed by atoms with Gasteiger partial charge < -0.3 is 13.9 Å². The van der Waals surface area contributed by atoms with Crippen LogP contribution in [0.3, 0.4) is 0 Å². The average Bonchev–Trinajstić information content (AvgIpc) is 3.22. The van der Waals surface area contributed by atoms with E-state index in [2.05, 4.69) is 15.0 Å². The SMILES string of the molecule is COc1ccnc2c(=O)n(-c3nc4ccc(Oc5ccc(C(F)(F)F)cc5Cl)nc4s3)c(=S)oc12. The number of aromatic nitrogens is 4. The van der Waals surface area contributed by atoms with Crippen LogP contribution in [-0.2, 0) is 6.18 Å². The fraction of sp³-hybridized carbons (Fsp3) is 0.0952. The van der Waals surface area contributed by atoms with E-state index in [1.165, 1.54) is 25.4 Å². The van der Waals surface area contributed by atoms with Gasteiger partial charge in [0.05, 0.1) is 17.7 Å². The molecule has 14 heteroatoms. The van der Waals surface area contributed by atoms with Gasteiger partial charge in [-0.25, -0.2) is 19.5 Å². The van der Waals surface area contributed by atoms with Gasteiger partial charge in [0.25, 0.3) is 10.4 Å². The second-order valence-corrected chi connectivity index (χ2v) is 8.63. The van der Waals surface area contributed by atoms with Crippen LogP contribution in [0.4, 0.5) is 13.2 Å². The summed E-state index contributed by atoms with van der Waals surface area (Å²) in [6.07, 6.45) is -3.13. The van der Waals surface area contributed by atoms with Crippen molar-refractivity contribution in [1.29, 1.82) is 0 Å². The zero-order chi connectivity index (χ0) is 24.9. The normalized spacial score (nSPS) is 11.8. The number of benzene rings is 1. The summed E-state index contributed by atoms with van der Waals surface area (Å²) in [5, 5.41) is -0.0443. The van der Waals surface area contributed by atoms with Crippen LogP contribution in [0.2, 0.25) is 5.02 Å². The van der Waals surface area contributed by atoms with Crippen molar-refractivity contribution in [2.75, 3.05) is 7.11 Å². The fourth-order valence-corrected chi connectivity index (χ4v) is 4.60. The van der Waals surface area contributed by atoms with Crippen molar-refractivity contribution in [3.63, 3.8) is 0 Å². The van der Waals surface area contributed by atoms with E-state index in [1.54, 1.807) is 6.07 Å². The lowest BCUT2D eigenvalue weighted by atomic mass is 10.2. The Labute approximate surface area is 207 Å². The van der Waals surface area contributed by atoms with E-state index in [1.807, 2.05) is 0 Å². The maximum absolute atomic E-state index is 13.1. The Morgan fingerprint density at radius 1 is 1.14 bits per heavy atom. The summed E-state index contributed by atoms with van der Waals surface area (Å²) in [7, 11) is 1.43. The molecule has 0 aliphatic carbocycles. The molecule has 35 heavy (non-hydrogen) atoms. The van der Waals surface area contributed by atoms with Gasteiger partial charge in [-0.3, -0.25) is 4.79 Å². The molecule has 4 aromatic heterocycles. The number of alkyl halides is 3. The zero-order valence-corrected chi connectivity index (χ0v) is 19.7. The first kappa shape index (κ1) is 23.2. The highest BCUT2D eigenvalue weighted by molar-refractivity contribution is 7.71. The van der Waals surface area contributed by atoms with Gasteiger partial charge in [-0.15, -0.1) is 0 Å². The van der Waals surface area contributed by atoms with Gasteiger partial charge in [-0.05, 0) is 36.5 Å². The molecule has 0 saturated carbocycles. The minimum absolute atomic E-state index is 0.00568. The molecule has 5 aromatic rings. The molecular weight excluding hydrogens is 529 g/mol. The van der Waals surface area contributed by atoms with Crippen molar-refractivity contribution >= 4 is 56.6 Å². The Morgan fingerprint density at radius 2 is 1.94 bits per heavy atom. The molecule has 178 valence electrons. The largest absolute Gasteiger partial charge is 0.493 e. The Balaban J connectivity index is 1.53. The fourth-order valence-electron chi connectivity index (χ4n) is 3.14. The lowest BCUT2D eigenvalue weighted by Crippen LogP contribution is -2.20. The van der Waals surface area contributed by atoms with Crippen LogP contribution in [0, 0.1) is 4.84 Å². The summed E-state index contributed by atoms with van der Waals surface area (Å²) < 4.78 is 56.0. The number of nitrogens with zero attached hydrogens (tertiary/aromatic N) is 4. The highest BCUT2D eigenvalue weighted by Gasteiger charge is 2.31. The average molecular weight is 539 g/mol. The molecule has 5 rings (SSSR count). The summed E-state index contributed by atoms with van der Waals surface area (Å²) >= 11 is 12.2. The van der Waals surface area contributed by atoms with Gasteiger partial charge in [-0.2, -0.15) is 13.2 Å². The quantitative estimate of drug-likeness (QED) is 0.250. The maximum atomic E-state index is 13.1. The third kappa shape index (κ3) is 4.22. The predicted octanol–water partition coefficient (Wildman–Crippen LogP) is 6.19. The second-order valence-electron chi connectivity index (χ2n) is 6.91. The van der Waals surface area contributed by atoms with Gasteiger partial charge >= 0.3 is 6.18 Å². The molecule has 8 nitrogen and oxygen atoms in total. The molecule has 0 bridgehead atoms. The third-order valence-corrected chi connectivity index (χ3v) is 6.26. The first-order chi connectivity index (χ1) is 16.7. The number of hydrogen-bond donors (Lipinski definition) is 0. The summed E-state index contributed by atoms with van der Waals surface area (Å²) in [6.45, 7) is 0. The molecule has 0 fully saturated rings. The molecule has 0 unspecified atom stereocenters. The molecule has 1 aromatic carbocycles. The summed E-state index contributed by atoms with van der Waals surface area (Å²) in [5.41, 5.74) is -0.905. The van der Waals surface area contributed by atoms with Crippen LogP contribution in [-0.4, -0.2) is 26.6 Å². The molecule has 0 atom stereocenters. The zero-order valence-electron chi connectivity index (χ0n) is 17.3. The summed E-state index contributed by atoms with van der Waals surface area (Å²) in [4.78, 5) is 26.1. The molecule has 0 amide bonds. The lowest BCUT2D eigenvalue weighted by molar-refractivity contribution is -0.137. The molecule has 0 spiro atoms. The molecule has 0 N–H and O–H groups in total. The van der Waals surface area contributed by atoms with E-state index in [-0.39, 0.29) is 37.7 Å².